The molecule has 3 aliphatic rings. The number of rotatable bonds is 3. The maximum absolute atomic E-state index is 13.8. The van der Waals surface area contributed by atoms with Gasteiger partial charge in [-0.3, -0.25) is 24.1 Å². The van der Waals surface area contributed by atoms with E-state index in [1.807, 2.05) is 0 Å². The van der Waals surface area contributed by atoms with E-state index >= 15 is 0 Å². The molecule has 182 valence electrons. The SMILES string of the molecule is C[C@H]1c2ccc(N(C)C)c(O)c2C(=O)C2C(=O)[C@]3(O)C=C(C(N)=O)C(=O)[C@@H](N(C)C)[C@@H]3[C@@H](O)[C@@H]21. The lowest BCUT2D eigenvalue weighted by Crippen LogP contribution is -2.71. The van der Waals surface area contributed by atoms with Crippen LogP contribution in [-0.4, -0.2) is 89.4 Å². The standard InChI is InChI=1S/C24H29N3O7/c1-9-10-6-7-12(26(2)3)19(29)14(10)20(30)15-13(9)21(31)16-17(27(4)5)18(28)11(23(25)33)8-24(16,34)22(15)32/h6-9,13,15-17,21,29,31,34H,1-5H3,(H2,25,33)/t9-,13+,15?,16+,17-,21-,24-/m0/s1. The fourth-order valence-electron chi connectivity index (χ4n) is 6.08. The van der Waals surface area contributed by atoms with Gasteiger partial charge < -0.3 is 26.0 Å². The van der Waals surface area contributed by atoms with Gasteiger partial charge in [0.15, 0.2) is 17.3 Å². The van der Waals surface area contributed by atoms with E-state index in [2.05, 4.69) is 0 Å². The molecule has 10 nitrogen and oxygen atoms in total. The topological polar surface area (TPSA) is 161 Å². The molecule has 4 rings (SSSR count). The summed E-state index contributed by atoms with van der Waals surface area (Å²) in [7, 11) is 6.45. The molecule has 1 fully saturated rings. The van der Waals surface area contributed by atoms with Crippen LogP contribution in [-0.2, 0) is 14.4 Å². The molecule has 0 radical (unpaired) electrons. The highest BCUT2D eigenvalue weighted by Crippen LogP contribution is 2.54. The fourth-order valence-corrected chi connectivity index (χ4v) is 6.08. The number of aliphatic hydroxyl groups excluding tert-OH is 1. The number of aromatic hydroxyl groups is 1. The predicted octanol–water partition coefficient (Wildman–Crippen LogP) is -0.794. The molecular weight excluding hydrogens is 442 g/mol. The van der Waals surface area contributed by atoms with Gasteiger partial charge in [-0.15, -0.1) is 0 Å². The molecule has 1 aromatic rings. The molecule has 5 N–H and O–H groups in total. The molecule has 0 heterocycles. The molecule has 7 atom stereocenters. The number of aliphatic hydroxyl groups is 2. The van der Waals surface area contributed by atoms with Crippen molar-refractivity contribution in [2.75, 3.05) is 33.1 Å². The summed E-state index contributed by atoms with van der Waals surface area (Å²) >= 11 is 0. The van der Waals surface area contributed by atoms with Gasteiger partial charge in [0, 0.05) is 25.9 Å². The van der Waals surface area contributed by atoms with Gasteiger partial charge in [0.25, 0.3) is 5.91 Å². The average molecular weight is 472 g/mol. The summed E-state index contributed by atoms with van der Waals surface area (Å²) < 4.78 is 0. The Morgan fingerprint density at radius 2 is 1.71 bits per heavy atom. The predicted molar refractivity (Wildman–Crippen MR) is 121 cm³/mol. The van der Waals surface area contributed by atoms with Gasteiger partial charge in [0.1, 0.15) is 11.4 Å². The highest BCUT2D eigenvalue weighted by Gasteiger charge is 2.67. The number of amides is 1. The number of likely N-dealkylation sites (N-methyl/N-ethyl adjacent to an activating group) is 1. The lowest BCUT2D eigenvalue weighted by Gasteiger charge is -2.54. The normalized spacial score (nSPS) is 34.8. The van der Waals surface area contributed by atoms with Crippen molar-refractivity contribution in [1.82, 2.24) is 4.90 Å². The number of nitrogens with zero attached hydrogens (tertiary/aromatic N) is 2. The Labute approximate surface area is 196 Å². The molecule has 3 aliphatic carbocycles. The number of hydrogen-bond acceptors (Lipinski definition) is 9. The maximum Gasteiger partial charge on any atom is 0.252 e. The van der Waals surface area contributed by atoms with Gasteiger partial charge in [0.2, 0.25) is 0 Å². The molecule has 34 heavy (non-hydrogen) atoms. The highest BCUT2D eigenvalue weighted by atomic mass is 16.3. The molecule has 1 amide bonds. The Morgan fingerprint density at radius 1 is 1.09 bits per heavy atom. The number of anilines is 1. The number of benzene rings is 1. The number of primary amides is 1. The van der Waals surface area contributed by atoms with Gasteiger partial charge in [-0.1, -0.05) is 13.0 Å². The van der Waals surface area contributed by atoms with Crippen LogP contribution in [0, 0.1) is 17.8 Å². The average Bonchev–Trinajstić information content (AvgIpc) is 2.74. The van der Waals surface area contributed by atoms with Crippen LogP contribution in [0.15, 0.2) is 23.8 Å². The molecule has 0 saturated heterocycles. The van der Waals surface area contributed by atoms with Crippen LogP contribution in [0.25, 0.3) is 0 Å². The van der Waals surface area contributed by atoms with E-state index in [1.165, 1.54) is 19.0 Å². The van der Waals surface area contributed by atoms with Gasteiger partial charge in [-0.2, -0.15) is 0 Å². The summed E-state index contributed by atoms with van der Waals surface area (Å²) in [6, 6.07) is 2.12. The van der Waals surface area contributed by atoms with Crippen molar-refractivity contribution >= 4 is 28.9 Å². The number of ketones is 3. The van der Waals surface area contributed by atoms with Crippen molar-refractivity contribution in [3.05, 3.63) is 34.9 Å². The molecule has 10 heteroatoms. The first-order chi connectivity index (χ1) is 15.8. The summed E-state index contributed by atoms with van der Waals surface area (Å²) in [5, 5.41) is 34.0. The number of nitrogens with two attached hydrogens (primary N) is 1. The molecule has 1 unspecified atom stereocenters. The quantitative estimate of drug-likeness (QED) is 0.327. The van der Waals surface area contributed by atoms with Crippen LogP contribution in [0.4, 0.5) is 5.69 Å². The minimum atomic E-state index is -2.48. The minimum Gasteiger partial charge on any atom is -0.505 e. The largest absolute Gasteiger partial charge is 0.505 e. The molecule has 1 saturated carbocycles. The maximum atomic E-state index is 13.8. The zero-order valence-electron chi connectivity index (χ0n) is 19.6. The first-order valence-electron chi connectivity index (χ1n) is 11.0. The number of carbonyl (C=O) groups excluding carboxylic acids is 4. The van der Waals surface area contributed by atoms with Crippen LogP contribution < -0.4 is 10.6 Å². The Morgan fingerprint density at radius 3 is 2.24 bits per heavy atom. The molecule has 1 aromatic carbocycles. The van der Waals surface area contributed by atoms with E-state index in [4.69, 9.17) is 5.73 Å². The molecule has 0 aromatic heterocycles. The van der Waals surface area contributed by atoms with Crippen molar-refractivity contribution in [1.29, 1.82) is 0 Å². The third-order valence-corrected chi connectivity index (χ3v) is 7.66. The summed E-state index contributed by atoms with van der Waals surface area (Å²) in [5.74, 6) is -8.06. The lowest BCUT2D eigenvalue weighted by atomic mass is 9.51. The van der Waals surface area contributed by atoms with Crippen LogP contribution in [0.1, 0.15) is 28.8 Å². The molecule has 0 bridgehead atoms. The molecular formula is C24H29N3O7. The van der Waals surface area contributed by atoms with E-state index in [-0.39, 0.29) is 11.3 Å². The summed E-state index contributed by atoms with van der Waals surface area (Å²) in [6.45, 7) is 1.73. The number of hydrogen-bond donors (Lipinski definition) is 4. The Bertz CT molecular complexity index is 1160. The fraction of sp³-hybridized carbons (Fsp3) is 0.500. The van der Waals surface area contributed by atoms with Crippen molar-refractivity contribution in [3.63, 3.8) is 0 Å². The van der Waals surface area contributed by atoms with E-state index in [9.17, 15) is 34.5 Å². The Kier molecular flexibility index (Phi) is 5.47. The number of phenols is 1. The monoisotopic (exact) mass is 471 g/mol. The second kappa shape index (κ2) is 7.72. The van der Waals surface area contributed by atoms with E-state index < -0.39 is 70.2 Å². The van der Waals surface area contributed by atoms with Crippen molar-refractivity contribution in [2.45, 2.75) is 30.6 Å². The number of phenolic OH excluding ortho intramolecular Hbond substituents is 1. The third-order valence-electron chi connectivity index (χ3n) is 7.66. The number of Topliss-reactive ketones (excluding diaryl/α,β-unsaturated/α-hetero) is 3. The first-order valence-corrected chi connectivity index (χ1v) is 11.0. The van der Waals surface area contributed by atoms with E-state index in [1.54, 1.807) is 38.1 Å². The summed E-state index contributed by atoms with van der Waals surface area (Å²) in [4.78, 5) is 55.5. The zero-order valence-corrected chi connectivity index (χ0v) is 19.6. The second-order valence-corrected chi connectivity index (χ2v) is 9.90. The Hall–Kier alpha value is -3.08. The minimum absolute atomic E-state index is 0.0299. The first kappa shape index (κ1) is 24.1. The third kappa shape index (κ3) is 2.98. The van der Waals surface area contributed by atoms with Crippen molar-refractivity contribution in [2.24, 2.45) is 23.5 Å². The van der Waals surface area contributed by atoms with E-state index in [0.29, 0.717) is 11.3 Å². The van der Waals surface area contributed by atoms with Crippen LogP contribution in [0.3, 0.4) is 0 Å². The summed E-state index contributed by atoms with van der Waals surface area (Å²) in [6.07, 6.45) is -0.647. The van der Waals surface area contributed by atoms with Gasteiger partial charge in [-0.25, -0.2) is 0 Å². The molecule has 0 aliphatic heterocycles. The number of fused-ring (bicyclic) bond motifs is 3. The van der Waals surface area contributed by atoms with Gasteiger partial charge in [-0.05, 0) is 37.7 Å². The van der Waals surface area contributed by atoms with Crippen LogP contribution in [0.5, 0.6) is 5.75 Å². The van der Waals surface area contributed by atoms with Crippen LogP contribution in [0.2, 0.25) is 0 Å². The van der Waals surface area contributed by atoms with Gasteiger partial charge >= 0.3 is 0 Å². The smallest absolute Gasteiger partial charge is 0.252 e. The van der Waals surface area contributed by atoms with Crippen molar-refractivity contribution in [3.8, 4) is 5.75 Å². The number of carbonyl (C=O) groups is 4. The summed E-state index contributed by atoms with van der Waals surface area (Å²) in [5.41, 5.74) is 3.15. The zero-order chi connectivity index (χ0) is 25.4. The highest BCUT2D eigenvalue weighted by molar-refractivity contribution is 6.24. The van der Waals surface area contributed by atoms with E-state index in [0.717, 1.165) is 6.08 Å². The Balaban J connectivity index is 1.96. The second-order valence-electron chi connectivity index (χ2n) is 9.90. The lowest BCUT2D eigenvalue weighted by molar-refractivity contribution is -0.175. The molecule has 0 spiro atoms. The van der Waals surface area contributed by atoms with Crippen LogP contribution >= 0.6 is 0 Å². The van der Waals surface area contributed by atoms with Crippen molar-refractivity contribution < 1.29 is 34.5 Å². The van der Waals surface area contributed by atoms with Gasteiger partial charge in [0.05, 0.1) is 34.9 Å².